The van der Waals surface area contributed by atoms with Crippen LogP contribution in [0.3, 0.4) is 0 Å². The Labute approximate surface area is 99.0 Å². The number of rotatable bonds is 7. The van der Waals surface area contributed by atoms with Crippen molar-refractivity contribution in [3.05, 3.63) is 0 Å². The van der Waals surface area contributed by atoms with Crippen LogP contribution in [0.2, 0.25) is 0 Å². The van der Waals surface area contributed by atoms with E-state index in [1.165, 1.54) is 0 Å². The van der Waals surface area contributed by atoms with Crippen LogP contribution in [0, 0.1) is 0 Å². The Bertz CT molecular complexity index is 196. The van der Waals surface area contributed by atoms with Gasteiger partial charge in [-0.25, -0.2) is 5.84 Å². The van der Waals surface area contributed by atoms with Crippen LogP contribution in [-0.4, -0.2) is 43.7 Å². The van der Waals surface area contributed by atoms with Gasteiger partial charge in [0, 0.05) is 26.2 Å². The van der Waals surface area contributed by atoms with Gasteiger partial charge >= 0.3 is 0 Å². The molecule has 16 heavy (non-hydrogen) atoms. The van der Waals surface area contributed by atoms with Crippen molar-refractivity contribution in [2.24, 2.45) is 10.8 Å². The highest BCUT2D eigenvalue weighted by Crippen LogP contribution is 2.03. The zero-order valence-corrected chi connectivity index (χ0v) is 11.0. The van der Waals surface area contributed by atoms with Crippen molar-refractivity contribution in [1.82, 2.24) is 10.3 Å². The second-order valence-corrected chi connectivity index (χ2v) is 3.79. The van der Waals surface area contributed by atoms with E-state index in [0.717, 1.165) is 31.9 Å². The maximum atomic E-state index is 5.52. The van der Waals surface area contributed by atoms with Gasteiger partial charge in [-0.2, -0.15) is 0 Å². The molecule has 0 aromatic heterocycles. The third-order valence-electron chi connectivity index (χ3n) is 2.55. The minimum atomic E-state index is 0.404. The zero-order valence-electron chi connectivity index (χ0n) is 11.0. The molecule has 5 heteroatoms. The van der Waals surface area contributed by atoms with E-state index >= 15 is 0 Å². The molecular formula is C11H26N4O. The van der Waals surface area contributed by atoms with Crippen molar-refractivity contribution in [1.29, 1.82) is 0 Å². The summed E-state index contributed by atoms with van der Waals surface area (Å²) in [6.45, 7) is 8.68. The fourth-order valence-corrected chi connectivity index (χ4v) is 1.38. The second-order valence-electron chi connectivity index (χ2n) is 3.79. The Morgan fingerprint density at radius 3 is 2.62 bits per heavy atom. The molecule has 0 saturated carbocycles. The molecule has 96 valence electrons. The van der Waals surface area contributed by atoms with Gasteiger partial charge in [0.2, 0.25) is 5.96 Å². The Kier molecular flexibility index (Phi) is 8.94. The van der Waals surface area contributed by atoms with Crippen LogP contribution >= 0.6 is 0 Å². The molecule has 0 aliphatic heterocycles. The van der Waals surface area contributed by atoms with Gasteiger partial charge in [0.25, 0.3) is 0 Å². The van der Waals surface area contributed by atoms with E-state index in [-0.39, 0.29) is 0 Å². The summed E-state index contributed by atoms with van der Waals surface area (Å²) >= 11 is 0. The molecule has 1 unspecified atom stereocenters. The Morgan fingerprint density at radius 1 is 1.50 bits per heavy atom. The van der Waals surface area contributed by atoms with Gasteiger partial charge in [0.15, 0.2) is 0 Å². The molecule has 0 spiro atoms. The zero-order chi connectivity index (χ0) is 12.4. The number of guanidine groups is 1. The van der Waals surface area contributed by atoms with Crippen LogP contribution in [0.15, 0.2) is 4.99 Å². The first-order chi connectivity index (χ1) is 7.71. The number of aliphatic imine (C=N–C) groups is 1. The molecule has 0 aliphatic rings. The van der Waals surface area contributed by atoms with E-state index in [9.17, 15) is 0 Å². The minimum absolute atomic E-state index is 0.404. The Hall–Kier alpha value is -0.810. The number of nitrogens with two attached hydrogens (primary N) is 1. The van der Waals surface area contributed by atoms with Crippen molar-refractivity contribution in [2.75, 3.05) is 26.8 Å². The number of nitrogens with zero attached hydrogens (tertiary/aromatic N) is 2. The molecular weight excluding hydrogens is 204 g/mol. The van der Waals surface area contributed by atoms with Crippen molar-refractivity contribution in [3.63, 3.8) is 0 Å². The van der Waals surface area contributed by atoms with E-state index in [1.54, 1.807) is 7.11 Å². The molecule has 0 radical (unpaired) electrons. The van der Waals surface area contributed by atoms with Gasteiger partial charge in [0.05, 0.1) is 6.61 Å². The van der Waals surface area contributed by atoms with Crippen LogP contribution in [0.4, 0.5) is 0 Å². The van der Waals surface area contributed by atoms with Gasteiger partial charge in [0.1, 0.15) is 0 Å². The lowest BCUT2D eigenvalue weighted by Crippen LogP contribution is -2.50. The van der Waals surface area contributed by atoms with Crippen molar-refractivity contribution in [3.8, 4) is 0 Å². The summed E-state index contributed by atoms with van der Waals surface area (Å²) in [4.78, 5) is 6.59. The molecule has 0 fully saturated rings. The fourth-order valence-electron chi connectivity index (χ4n) is 1.38. The van der Waals surface area contributed by atoms with E-state index in [4.69, 9.17) is 10.6 Å². The number of hydrogen-bond donors (Lipinski definition) is 2. The first kappa shape index (κ1) is 15.2. The maximum absolute atomic E-state index is 5.52. The minimum Gasteiger partial charge on any atom is -0.383 e. The third-order valence-corrected chi connectivity index (χ3v) is 2.55. The van der Waals surface area contributed by atoms with Crippen LogP contribution in [-0.2, 0) is 4.74 Å². The van der Waals surface area contributed by atoms with E-state index < -0.39 is 0 Å². The molecule has 0 aromatic rings. The fraction of sp³-hybridized carbons (Fsp3) is 0.909. The van der Waals surface area contributed by atoms with Crippen LogP contribution < -0.4 is 11.3 Å². The van der Waals surface area contributed by atoms with Crippen molar-refractivity contribution >= 4 is 5.96 Å². The molecule has 0 bridgehead atoms. The Morgan fingerprint density at radius 2 is 2.19 bits per heavy atom. The topological polar surface area (TPSA) is 62.9 Å². The number of ether oxygens (including phenoxy) is 1. The standard InChI is InChI=1S/C11H26N4O/c1-5-7-13-11(14-12)15(8-9-16-4)10(3)6-2/h10H,5-9,12H2,1-4H3,(H,13,14). The predicted molar refractivity (Wildman–Crippen MR) is 68.3 cm³/mol. The molecule has 0 rings (SSSR count). The number of nitrogens with one attached hydrogen (secondary N) is 1. The van der Waals surface area contributed by atoms with Gasteiger partial charge in [-0.1, -0.05) is 13.8 Å². The lowest BCUT2D eigenvalue weighted by atomic mass is 10.2. The van der Waals surface area contributed by atoms with E-state index in [2.05, 4.69) is 36.1 Å². The SMILES string of the molecule is CCCN=C(NN)N(CCOC)C(C)CC. The maximum Gasteiger partial charge on any atom is 0.208 e. The first-order valence-electron chi connectivity index (χ1n) is 5.97. The summed E-state index contributed by atoms with van der Waals surface area (Å²) in [7, 11) is 1.70. The highest BCUT2D eigenvalue weighted by molar-refractivity contribution is 5.79. The average molecular weight is 230 g/mol. The lowest BCUT2D eigenvalue weighted by Gasteiger charge is -2.30. The molecule has 5 nitrogen and oxygen atoms in total. The monoisotopic (exact) mass is 230 g/mol. The number of hydrogen-bond acceptors (Lipinski definition) is 3. The largest absolute Gasteiger partial charge is 0.383 e. The molecule has 3 N–H and O–H groups in total. The van der Waals surface area contributed by atoms with Crippen LogP contribution in [0.5, 0.6) is 0 Å². The molecule has 0 saturated heterocycles. The second kappa shape index (κ2) is 9.42. The highest BCUT2D eigenvalue weighted by Gasteiger charge is 2.15. The lowest BCUT2D eigenvalue weighted by molar-refractivity contribution is 0.161. The van der Waals surface area contributed by atoms with E-state index in [0.29, 0.717) is 12.6 Å². The predicted octanol–water partition coefficient (Wildman–Crippen LogP) is 0.963. The normalized spacial score (nSPS) is 13.7. The molecule has 1 atom stereocenters. The summed E-state index contributed by atoms with van der Waals surface area (Å²) in [5.41, 5.74) is 2.68. The average Bonchev–Trinajstić information content (AvgIpc) is 2.32. The van der Waals surface area contributed by atoms with Gasteiger partial charge in [-0.05, 0) is 19.8 Å². The summed E-state index contributed by atoms with van der Waals surface area (Å²) in [6.07, 6.45) is 2.07. The van der Waals surface area contributed by atoms with Gasteiger partial charge < -0.3 is 9.64 Å². The third kappa shape index (κ3) is 5.32. The van der Waals surface area contributed by atoms with Gasteiger partial charge in [-0.15, -0.1) is 0 Å². The molecule has 0 aliphatic carbocycles. The summed E-state index contributed by atoms with van der Waals surface area (Å²) in [5.74, 6) is 6.27. The quantitative estimate of drug-likeness (QED) is 0.296. The highest BCUT2D eigenvalue weighted by atomic mass is 16.5. The molecule has 0 heterocycles. The van der Waals surface area contributed by atoms with Crippen molar-refractivity contribution < 1.29 is 4.74 Å². The Balaban J connectivity index is 4.54. The van der Waals surface area contributed by atoms with Crippen LogP contribution in [0.1, 0.15) is 33.6 Å². The molecule has 0 amide bonds. The van der Waals surface area contributed by atoms with Crippen LogP contribution in [0.25, 0.3) is 0 Å². The summed E-state index contributed by atoms with van der Waals surface area (Å²) in [6, 6.07) is 0.404. The van der Waals surface area contributed by atoms with Crippen molar-refractivity contribution in [2.45, 2.75) is 39.7 Å². The summed E-state index contributed by atoms with van der Waals surface area (Å²) < 4.78 is 5.10. The van der Waals surface area contributed by atoms with Gasteiger partial charge in [-0.3, -0.25) is 10.4 Å². The number of hydrazine groups is 1. The number of methoxy groups -OCH3 is 1. The molecule has 0 aromatic carbocycles. The van der Waals surface area contributed by atoms with E-state index in [1.807, 2.05) is 0 Å². The summed E-state index contributed by atoms with van der Waals surface area (Å²) in [5, 5.41) is 0. The first-order valence-corrected chi connectivity index (χ1v) is 5.97. The smallest absolute Gasteiger partial charge is 0.208 e.